The number of nitrogens with zero attached hydrogens (tertiary/aromatic N) is 1. The number of piperidine rings is 1. The van der Waals surface area contributed by atoms with Crippen LogP contribution in [-0.2, 0) is 11.3 Å². The highest BCUT2D eigenvalue weighted by atomic mass is 35.5. The maximum absolute atomic E-state index is 12.5. The fourth-order valence-corrected chi connectivity index (χ4v) is 2.59. The molecule has 1 heterocycles. The van der Waals surface area contributed by atoms with Gasteiger partial charge in [-0.2, -0.15) is 0 Å². The lowest BCUT2D eigenvalue weighted by molar-refractivity contribution is -0.137. The molecule has 0 aliphatic carbocycles. The fourth-order valence-electron chi connectivity index (χ4n) is 2.59. The first kappa shape index (κ1) is 16.0. The van der Waals surface area contributed by atoms with E-state index in [1.807, 2.05) is 37.1 Å². The Morgan fingerprint density at radius 3 is 2.58 bits per heavy atom. The van der Waals surface area contributed by atoms with Gasteiger partial charge >= 0.3 is 0 Å². The van der Waals surface area contributed by atoms with Crippen LogP contribution < -0.4 is 5.32 Å². The first-order valence-corrected chi connectivity index (χ1v) is 6.66. The Hall–Kier alpha value is -1.06. The second kappa shape index (κ2) is 6.92. The number of hydrogen-bond acceptors (Lipinski definition) is 2. The van der Waals surface area contributed by atoms with Crippen LogP contribution in [0.5, 0.6) is 0 Å². The smallest absolute Gasteiger partial charge is 0.242 e. The van der Waals surface area contributed by atoms with E-state index in [9.17, 15) is 4.79 Å². The van der Waals surface area contributed by atoms with E-state index in [4.69, 9.17) is 0 Å². The number of halogens is 1. The Balaban J connectivity index is 0.00000180. The van der Waals surface area contributed by atoms with E-state index >= 15 is 0 Å². The predicted octanol–water partition coefficient (Wildman–Crippen LogP) is 2.60. The van der Waals surface area contributed by atoms with E-state index < -0.39 is 0 Å². The molecule has 1 aliphatic rings. The third kappa shape index (κ3) is 3.95. The first-order chi connectivity index (χ1) is 8.62. The van der Waals surface area contributed by atoms with E-state index in [2.05, 4.69) is 17.4 Å². The van der Waals surface area contributed by atoms with Gasteiger partial charge in [0.15, 0.2) is 0 Å². The van der Waals surface area contributed by atoms with Crippen molar-refractivity contribution in [3.05, 3.63) is 35.9 Å². The molecule has 0 aromatic heterocycles. The summed E-state index contributed by atoms with van der Waals surface area (Å²) in [6.45, 7) is 3.65. The molecule has 1 aromatic rings. The maximum Gasteiger partial charge on any atom is 0.242 e. The lowest BCUT2D eigenvalue weighted by atomic mass is 9.89. The zero-order chi connectivity index (χ0) is 13.0. The van der Waals surface area contributed by atoms with Crippen molar-refractivity contribution in [2.45, 2.75) is 38.3 Å². The Bertz CT molecular complexity index is 402. The maximum atomic E-state index is 12.5. The van der Waals surface area contributed by atoms with Gasteiger partial charge in [-0.15, -0.1) is 12.4 Å². The number of nitrogens with one attached hydrogen (secondary N) is 1. The molecule has 1 unspecified atom stereocenters. The zero-order valence-corrected chi connectivity index (χ0v) is 12.5. The summed E-state index contributed by atoms with van der Waals surface area (Å²) in [6, 6.07) is 10.1. The summed E-state index contributed by atoms with van der Waals surface area (Å²) in [4.78, 5) is 14.3. The van der Waals surface area contributed by atoms with Crippen molar-refractivity contribution in [3.8, 4) is 0 Å². The Morgan fingerprint density at radius 2 is 2.00 bits per heavy atom. The first-order valence-electron chi connectivity index (χ1n) is 6.66. The minimum Gasteiger partial charge on any atom is -0.340 e. The molecule has 4 heteroatoms. The van der Waals surface area contributed by atoms with Gasteiger partial charge in [0.05, 0.1) is 5.54 Å². The average Bonchev–Trinajstić information content (AvgIpc) is 2.40. The minimum atomic E-state index is -0.373. The van der Waals surface area contributed by atoms with Crippen molar-refractivity contribution in [1.29, 1.82) is 0 Å². The van der Waals surface area contributed by atoms with Gasteiger partial charge in [0.1, 0.15) is 0 Å². The quantitative estimate of drug-likeness (QED) is 0.924. The predicted molar refractivity (Wildman–Crippen MR) is 80.4 cm³/mol. The zero-order valence-electron chi connectivity index (χ0n) is 11.7. The molecule has 1 atom stereocenters. The summed E-state index contributed by atoms with van der Waals surface area (Å²) in [5.74, 6) is 0.200. The molecule has 2 rings (SSSR count). The molecule has 0 spiro atoms. The van der Waals surface area contributed by atoms with Crippen LogP contribution in [0.25, 0.3) is 0 Å². The van der Waals surface area contributed by atoms with Crippen molar-refractivity contribution < 1.29 is 4.79 Å². The van der Waals surface area contributed by atoms with Gasteiger partial charge in [-0.25, -0.2) is 0 Å². The topological polar surface area (TPSA) is 32.3 Å². The highest BCUT2D eigenvalue weighted by Gasteiger charge is 2.36. The van der Waals surface area contributed by atoms with Gasteiger partial charge in [0.2, 0.25) is 5.91 Å². The molecule has 1 amide bonds. The van der Waals surface area contributed by atoms with Crippen molar-refractivity contribution in [2.75, 3.05) is 13.6 Å². The number of benzene rings is 1. The molecule has 0 saturated carbocycles. The van der Waals surface area contributed by atoms with Gasteiger partial charge in [0.25, 0.3) is 0 Å². The summed E-state index contributed by atoms with van der Waals surface area (Å²) in [5, 5.41) is 3.37. The number of carbonyl (C=O) groups excluding carboxylic acids is 1. The molecule has 1 saturated heterocycles. The van der Waals surface area contributed by atoms with E-state index in [1.54, 1.807) is 0 Å². The molecule has 1 N–H and O–H groups in total. The Morgan fingerprint density at radius 1 is 1.32 bits per heavy atom. The van der Waals surface area contributed by atoms with Crippen LogP contribution in [0.4, 0.5) is 0 Å². The van der Waals surface area contributed by atoms with Crippen LogP contribution >= 0.6 is 12.4 Å². The average molecular weight is 283 g/mol. The molecule has 3 nitrogen and oxygen atoms in total. The van der Waals surface area contributed by atoms with Gasteiger partial charge < -0.3 is 10.2 Å². The summed E-state index contributed by atoms with van der Waals surface area (Å²) < 4.78 is 0. The van der Waals surface area contributed by atoms with Crippen LogP contribution in [0.2, 0.25) is 0 Å². The minimum absolute atomic E-state index is 0. The van der Waals surface area contributed by atoms with Crippen molar-refractivity contribution in [3.63, 3.8) is 0 Å². The van der Waals surface area contributed by atoms with Gasteiger partial charge in [0, 0.05) is 13.6 Å². The van der Waals surface area contributed by atoms with Crippen LogP contribution in [0.15, 0.2) is 30.3 Å². The molecule has 0 bridgehead atoms. The number of likely N-dealkylation sites (N-methyl/N-ethyl adjacent to an activating group) is 1. The Labute approximate surface area is 121 Å². The number of amides is 1. The molecule has 0 radical (unpaired) electrons. The summed E-state index contributed by atoms with van der Waals surface area (Å²) in [7, 11) is 1.89. The fraction of sp³-hybridized carbons (Fsp3) is 0.533. The lowest BCUT2D eigenvalue weighted by Crippen LogP contribution is -2.57. The van der Waals surface area contributed by atoms with Crippen molar-refractivity contribution >= 4 is 18.3 Å². The third-order valence-corrected chi connectivity index (χ3v) is 3.70. The number of hydrogen-bond donors (Lipinski definition) is 1. The highest BCUT2D eigenvalue weighted by Crippen LogP contribution is 2.21. The monoisotopic (exact) mass is 282 g/mol. The summed E-state index contributed by atoms with van der Waals surface area (Å²) >= 11 is 0. The molecule has 1 aromatic carbocycles. The van der Waals surface area contributed by atoms with E-state index in [0.29, 0.717) is 6.54 Å². The van der Waals surface area contributed by atoms with Gasteiger partial charge in [-0.1, -0.05) is 30.3 Å². The van der Waals surface area contributed by atoms with Crippen LogP contribution in [0, 0.1) is 0 Å². The van der Waals surface area contributed by atoms with Crippen molar-refractivity contribution in [2.24, 2.45) is 0 Å². The SMILES string of the molecule is CN(Cc1ccccc1)C(=O)C1(C)CCCCN1.Cl. The molecule has 19 heavy (non-hydrogen) atoms. The van der Waals surface area contributed by atoms with Gasteiger partial charge in [-0.3, -0.25) is 4.79 Å². The van der Waals surface area contributed by atoms with E-state index in [-0.39, 0.29) is 23.9 Å². The largest absolute Gasteiger partial charge is 0.340 e. The molecule has 106 valence electrons. The highest BCUT2D eigenvalue weighted by molar-refractivity contribution is 5.86. The number of rotatable bonds is 3. The molecular weight excluding hydrogens is 260 g/mol. The van der Waals surface area contributed by atoms with Crippen LogP contribution in [-0.4, -0.2) is 29.9 Å². The van der Waals surface area contributed by atoms with E-state index in [0.717, 1.165) is 19.4 Å². The second-order valence-electron chi connectivity index (χ2n) is 5.36. The second-order valence-corrected chi connectivity index (χ2v) is 5.36. The standard InChI is InChI=1S/C15H22N2O.ClH/c1-15(10-6-7-11-16-15)14(18)17(2)12-13-8-4-3-5-9-13;/h3-5,8-9,16H,6-7,10-12H2,1-2H3;1H. The van der Waals surface area contributed by atoms with Crippen LogP contribution in [0.1, 0.15) is 31.7 Å². The van der Waals surface area contributed by atoms with Crippen LogP contribution in [0.3, 0.4) is 0 Å². The third-order valence-electron chi connectivity index (χ3n) is 3.70. The van der Waals surface area contributed by atoms with E-state index in [1.165, 1.54) is 12.0 Å². The molecule has 1 fully saturated rings. The van der Waals surface area contributed by atoms with Gasteiger partial charge in [-0.05, 0) is 38.3 Å². The number of carbonyl (C=O) groups is 1. The Kier molecular flexibility index (Phi) is 5.83. The lowest BCUT2D eigenvalue weighted by Gasteiger charge is -2.36. The molecule has 1 aliphatic heterocycles. The normalized spacial score (nSPS) is 22.4. The summed E-state index contributed by atoms with van der Waals surface area (Å²) in [6.07, 6.45) is 3.24. The molecular formula is C15H23ClN2O. The summed E-state index contributed by atoms with van der Waals surface area (Å²) in [5.41, 5.74) is 0.801. The van der Waals surface area contributed by atoms with Crippen molar-refractivity contribution in [1.82, 2.24) is 10.2 Å².